The number of halogens is 1. The molecule has 1 aromatic carbocycles. The number of hydroxylamine groups is 1. The quantitative estimate of drug-likeness (QED) is 0.659. The van der Waals surface area contributed by atoms with E-state index in [-0.39, 0.29) is 6.04 Å². The Morgan fingerprint density at radius 3 is 2.78 bits per heavy atom. The number of ether oxygens (including phenoxy) is 2. The summed E-state index contributed by atoms with van der Waals surface area (Å²) in [5, 5.41) is 3.13. The van der Waals surface area contributed by atoms with E-state index in [1.807, 2.05) is 32.1 Å². The molecule has 2 amide bonds. The number of carbonyl (C=O) groups excluding carboxylic acids is 1. The van der Waals surface area contributed by atoms with E-state index in [4.69, 9.17) is 21.1 Å². The van der Waals surface area contributed by atoms with Crippen molar-refractivity contribution >= 4 is 23.7 Å². The van der Waals surface area contributed by atoms with Gasteiger partial charge in [-0.3, -0.25) is 4.84 Å². The molecule has 1 atom stereocenters. The summed E-state index contributed by atoms with van der Waals surface area (Å²) in [6, 6.07) is 8.22. The number of nitrogens with zero attached hydrogens (tertiary/aromatic N) is 1. The van der Waals surface area contributed by atoms with Gasteiger partial charge in [-0.2, -0.15) is 0 Å². The van der Waals surface area contributed by atoms with Crippen LogP contribution in [0.1, 0.15) is 19.4 Å². The van der Waals surface area contributed by atoms with Gasteiger partial charge in [-0.25, -0.2) is 15.3 Å². The highest BCUT2D eigenvalue weighted by atomic mass is 35.5. The molecule has 1 heterocycles. The molecule has 7 nitrogen and oxygen atoms in total. The maximum Gasteiger partial charge on any atom is 0.339 e. The molecule has 0 saturated heterocycles. The molecule has 0 saturated carbocycles. The zero-order valence-electron chi connectivity index (χ0n) is 15.4. The molecule has 0 aliphatic heterocycles. The van der Waals surface area contributed by atoms with Crippen LogP contribution in [0.5, 0.6) is 17.4 Å². The Bertz CT molecular complexity index is 781. The largest absolute Gasteiger partial charge is 0.494 e. The molecule has 0 spiro atoms. The lowest BCUT2D eigenvalue weighted by atomic mass is 10.2. The van der Waals surface area contributed by atoms with Gasteiger partial charge in [-0.15, -0.1) is 0 Å². The van der Waals surface area contributed by atoms with Crippen LogP contribution in [0.2, 0.25) is 5.02 Å². The lowest BCUT2D eigenvalue weighted by Gasteiger charge is -2.10. The Hall–Kier alpha value is -2.77. The van der Waals surface area contributed by atoms with Gasteiger partial charge in [0, 0.05) is 24.4 Å². The lowest BCUT2D eigenvalue weighted by molar-refractivity contribution is 0.107. The van der Waals surface area contributed by atoms with Crippen molar-refractivity contribution < 1.29 is 19.1 Å². The van der Waals surface area contributed by atoms with Crippen LogP contribution >= 0.6 is 11.6 Å². The van der Waals surface area contributed by atoms with E-state index in [1.54, 1.807) is 30.5 Å². The summed E-state index contributed by atoms with van der Waals surface area (Å²) in [7, 11) is 1.37. The van der Waals surface area contributed by atoms with Crippen molar-refractivity contribution in [1.82, 2.24) is 15.8 Å². The molecule has 2 rings (SSSR count). The number of aromatic nitrogens is 1. The molecule has 1 aromatic heterocycles. The molecule has 2 N–H and O–H groups in total. The molecule has 27 heavy (non-hydrogen) atoms. The van der Waals surface area contributed by atoms with Crippen LogP contribution < -0.4 is 20.3 Å². The van der Waals surface area contributed by atoms with E-state index in [1.165, 1.54) is 7.11 Å². The van der Waals surface area contributed by atoms with Crippen LogP contribution in [0.4, 0.5) is 4.79 Å². The fourth-order valence-electron chi connectivity index (χ4n) is 2.12. The monoisotopic (exact) mass is 391 g/mol. The van der Waals surface area contributed by atoms with Gasteiger partial charge in [-0.1, -0.05) is 23.8 Å². The van der Waals surface area contributed by atoms with Gasteiger partial charge in [0.1, 0.15) is 11.5 Å². The summed E-state index contributed by atoms with van der Waals surface area (Å²) >= 11 is 6.20. The van der Waals surface area contributed by atoms with E-state index < -0.39 is 6.03 Å². The Labute approximate surface area is 163 Å². The van der Waals surface area contributed by atoms with Crippen LogP contribution in [0.15, 0.2) is 42.6 Å². The SMILES string of the molecule is CCOc1ccc(Oc2ccc(/C=C/[C@H](C)NC(=O)NOC)cn2)c(Cl)c1. The van der Waals surface area contributed by atoms with Crippen molar-refractivity contribution in [1.29, 1.82) is 0 Å². The topological polar surface area (TPSA) is 81.7 Å². The lowest BCUT2D eigenvalue weighted by Crippen LogP contribution is -2.39. The number of amides is 2. The van der Waals surface area contributed by atoms with Crippen molar-refractivity contribution in [3.63, 3.8) is 0 Å². The maximum absolute atomic E-state index is 11.3. The Morgan fingerprint density at radius 1 is 1.33 bits per heavy atom. The van der Waals surface area contributed by atoms with Gasteiger partial charge >= 0.3 is 6.03 Å². The second kappa shape index (κ2) is 10.4. The minimum absolute atomic E-state index is 0.182. The standard InChI is InChI=1S/C19H22ClN3O4/c1-4-26-15-8-9-17(16(20)11-15)27-18-10-7-14(12-21-18)6-5-13(2)22-19(24)23-25-3/h5-13H,4H2,1-3H3,(H2,22,23,24)/b6-5+/t13-/m0/s1. The molecule has 0 radical (unpaired) electrons. The van der Waals surface area contributed by atoms with Gasteiger partial charge < -0.3 is 14.8 Å². The molecule has 0 aliphatic carbocycles. The zero-order chi connectivity index (χ0) is 19.6. The van der Waals surface area contributed by atoms with Crippen LogP contribution in [-0.4, -0.2) is 30.8 Å². The highest BCUT2D eigenvalue weighted by molar-refractivity contribution is 6.32. The van der Waals surface area contributed by atoms with Crippen LogP contribution in [0, 0.1) is 0 Å². The zero-order valence-corrected chi connectivity index (χ0v) is 16.1. The molecule has 0 aliphatic rings. The average Bonchev–Trinajstić information content (AvgIpc) is 2.64. The molecular weight excluding hydrogens is 370 g/mol. The normalized spacial score (nSPS) is 11.9. The van der Waals surface area contributed by atoms with Gasteiger partial charge in [0.05, 0.1) is 18.7 Å². The summed E-state index contributed by atoms with van der Waals surface area (Å²) in [4.78, 5) is 20.1. The number of pyridine rings is 1. The molecule has 0 fully saturated rings. The van der Waals surface area contributed by atoms with E-state index in [0.717, 1.165) is 5.56 Å². The summed E-state index contributed by atoms with van der Waals surface area (Å²) in [6.45, 7) is 4.31. The first kappa shape index (κ1) is 20.5. The predicted octanol–water partition coefficient (Wildman–Crippen LogP) is 4.19. The van der Waals surface area contributed by atoms with E-state index in [0.29, 0.717) is 29.0 Å². The van der Waals surface area contributed by atoms with Gasteiger partial charge in [0.25, 0.3) is 0 Å². The second-order valence-electron chi connectivity index (χ2n) is 5.48. The molecule has 0 unspecified atom stereocenters. The van der Waals surface area contributed by atoms with Crippen molar-refractivity contribution in [2.45, 2.75) is 19.9 Å². The summed E-state index contributed by atoms with van der Waals surface area (Å²) in [6.07, 6.45) is 5.34. The minimum Gasteiger partial charge on any atom is -0.494 e. The number of carbonyl (C=O) groups is 1. The molecule has 8 heteroatoms. The van der Waals surface area contributed by atoms with Crippen LogP contribution in [-0.2, 0) is 4.84 Å². The third-order valence-electron chi connectivity index (χ3n) is 3.32. The summed E-state index contributed by atoms with van der Waals surface area (Å²) in [5.41, 5.74) is 3.05. The van der Waals surface area contributed by atoms with Gasteiger partial charge in [0.2, 0.25) is 5.88 Å². The first-order valence-electron chi connectivity index (χ1n) is 8.35. The fourth-order valence-corrected chi connectivity index (χ4v) is 2.33. The third-order valence-corrected chi connectivity index (χ3v) is 3.61. The van der Waals surface area contributed by atoms with E-state index in [9.17, 15) is 4.79 Å². The molecule has 2 aromatic rings. The average molecular weight is 392 g/mol. The Kier molecular flexibility index (Phi) is 7.91. The van der Waals surface area contributed by atoms with Crippen LogP contribution in [0.25, 0.3) is 6.08 Å². The Morgan fingerprint density at radius 2 is 2.15 bits per heavy atom. The highest BCUT2D eigenvalue weighted by Crippen LogP contribution is 2.31. The molecule has 144 valence electrons. The smallest absolute Gasteiger partial charge is 0.339 e. The van der Waals surface area contributed by atoms with Crippen molar-refractivity contribution in [2.24, 2.45) is 0 Å². The summed E-state index contributed by atoms with van der Waals surface area (Å²) in [5.74, 6) is 1.60. The minimum atomic E-state index is -0.413. The first-order chi connectivity index (χ1) is 13.0. The number of rotatable bonds is 8. The second-order valence-corrected chi connectivity index (χ2v) is 5.89. The number of hydrogen-bond donors (Lipinski definition) is 2. The van der Waals surface area contributed by atoms with Crippen molar-refractivity contribution in [3.8, 4) is 17.4 Å². The molecule has 0 bridgehead atoms. The predicted molar refractivity (Wildman–Crippen MR) is 104 cm³/mol. The maximum atomic E-state index is 11.3. The molecular formula is C19H22ClN3O4. The fraction of sp³-hybridized carbons (Fsp3) is 0.263. The number of nitrogens with one attached hydrogen (secondary N) is 2. The number of urea groups is 1. The van der Waals surface area contributed by atoms with E-state index in [2.05, 4.69) is 20.6 Å². The summed E-state index contributed by atoms with van der Waals surface area (Å²) < 4.78 is 11.1. The van der Waals surface area contributed by atoms with Crippen LogP contribution in [0.3, 0.4) is 0 Å². The number of benzene rings is 1. The Balaban J connectivity index is 1.95. The highest BCUT2D eigenvalue weighted by Gasteiger charge is 2.06. The number of hydrogen-bond acceptors (Lipinski definition) is 5. The van der Waals surface area contributed by atoms with Gasteiger partial charge in [0.15, 0.2) is 0 Å². The first-order valence-corrected chi connectivity index (χ1v) is 8.73. The van der Waals surface area contributed by atoms with E-state index >= 15 is 0 Å². The van der Waals surface area contributed by atoms with Crippen molar-refractivity contribution in [2.75, 3.05) is 13.7 Å². The third kappa shape index (κ3) is 6.80. The van der Waals surface area contributed by atoms with Crippen molar-refractivity contribution in [3.05, 3.63) is 53.2 Å². The van der Waals surface area contributed by atoms with Gasteiger partial charge in [-0.05, 0) is 37.6 Å².